The fraction of sp³-hybridized carbons (Fsp3) is 0.435. The van der Waals surface area contributed by atoms with E-state index in [-0.39, 0.29) is 18.6 Å². The second-order valence-electron chi connectivity index (χ2n) is 7.31. The number of hydrogen-bond acceptors (Lipinski definition) is 4. The van der Waals surface area contributed by atoms with Gasteiger partial charge in [-0.15, -0.1) is 0 Å². The smallest absolute Gasteiger partial charge is 0.258 e. The maximum Gasteiger partial charge on any atom is 0.258 e. The molecule has 1 fully saturated rings. The molecule has 1 atom stereocenters. The summed E-state index contributed by atoms with van der Waals surface area (Å²) in [4.78, 5) is 14.9. The van der Waals surface area contributed by atoms with Crippen LogP contribution in [0.3, 0.4) is 0 Å². The average molecular weight is 383 g/mol. The van der Waals surface area contributed by atoms with Gasteiger partial charge in [-0.3, -0.25) is 9.69 Å². The van der Waals surface area contributed by atoms with Gasteiger partial charge in [-0.1, -0.05) is 36.4 Å². The molecule has 1 aliphatic rings. The molecular weight excluding hydrogens is 352 g/mol. The van der Waals surface area contributed by atoms with E-state index in [2.05, 4.69) is 16.3 Å². The Morgan fingerprint density at radius 1 is 1.07 bits per heavy atom. The number of nitrogens with zero attached hydrogens (tertiary/aromatic N) is 1. The van der Waals surface area contributed by atoms with Crippen molar-refractivity contribution in [2.45, 2.75) is 32.7 Å². The number of carbonyl (C=O) groups excluding carboxylic acids is 1. The normalized spacial score (nSPS) is 15.2. The molecule has 1 aliphatic heterocycles. The van der Waals surface area contributed by atoms with Crippen molar-refractivity contribution in [3.05, 3.63) is 59.2 Å². The number of para-hydroxylation sites is 2. The van der Waals surface area contributed by atoms with Gasteiger partial charge < -0.3 is 14.8 Å². The Labute approximate surface area is 167 Å². The molecule has 1 saturated heterocycles. The summed E-state index contributed by atoms with van der Waals surface area (Å²) in [6.07, 6.45) is 2.38. The minimum absolute atomic E-state index is 0.0182. The third kappa shape index (κ3) is 4.84. The molecule has 2 aromatic rings. The molecule has 0 bridgehead atoms. The minimum atomic E-state index is -0.109. The van der Waals surface area contributed by atoms with Gasteiger partial charge in [0, 0.05) is 12.1 Å². The molecule has 1 amide bonds. The number of amides is 1. The van der Waals surface area contributed by atoms with Crippen molar-refractivity contribution in [2.24, 2.45) is 0 Å². The third-order valence-corrected chi connectivity index (χ3v) is 5.33. The van der Waals surface area contributed by atoms with Crippen LogP contribution in [-0.2, 0) is 4.79 Å². The van der Waals surface area contributed by atoms with Crippen LogP contribution in [0.5, 0.6) is 11.5 Å². The largest absolute Gasteiger partial charge is 0.496 e. The maximum atomic E-state index is 12.5. The molecule has 2 aromatic carbocycles. The van der Waals surface area contributed by atoms with Gasteiger partial charge >= 0.3 is 0 Å². The van der Waals surface area contributed by atoms with Crippen molar-refractivity contribution in [3.8, 4) is 11.5 Å². The van der Waals surface area contributed by atoms with Crippen molar-refractivity contribution >= 4 is 5.91 Å². The lowest BCUT2D eigenvalue weighted by molar-refractivity contribution is -0.123. The van der Waals surface area contributed by atoms with Gasteiger partial charge in [0.2, 0.25) is 0 Å². The SMILES string of the molecule is COc1ccccc1C(CNC(=O)COc1c(C)cccc1C)N1CCCC1. The average Bonchev–Trinajstić information content (AvgIpc) is 3.22. The topological polar surface area (TPSA) is 50.8 Å². The standard InChI is InChI=1S/C23H30N2O3/c1-17-9-8-10-18(2)23(17)28-16-22(26)24-15-20(25-13-6-7-14-25)19-11-4-5-12-21(19)27-3/h4-5,8-12,20H,6-7,13-16H2,1-3H3,(H,24,26). The van der Waals surface area contributed by atoms with Crippen molar-refractivity contribution < 1.29 is 14.3 Å². The fourth-order valence-electron chi connectivity index (χ4n) is 3.86. The van der Waals surface area contributed by atoms with Gasteiger partial charge in [-0.05, 0) is 57.0 Å². The number of likely N-dealkylation sites (tertiary alicyclic amines) is 1. The van der Waals surface area contributed by atoms with Crippen molar-refractivity contribution in [3.63, 3.8) is 0 Å². The predicted octanol–water partition coefficient (Wildman–Crippen LogP) is 3.64. The second-order valence-corrected chi connectivity index (χ2v) is 7.31. The van der Waals surface area contributed by atoms with Crippen LogP contribution in [0.1, 0.15) is 35.6 Å². The molecule has 5 nitrogen and oxygen atoms in total. The van der Waals surface area contributed by atoms with Crippen LogP contribution in [0, 0.1) is 13.8 Å². The Hall–Kier alpha value is -2.53. The summed E-state index contributed by atoms with van der Waals surface area (Å²) in [5.41, 5.74) is 3.19. The van der Waals surface area contributed by atoms with Crippen LogP contribution in [0.25, 0.3) is 0 Å². The first-order valence-electron chi connectivity index (χ1n) is 9.93. The molecule has 28 heavy (non-hydrogen) atoms. The predicted molar refractivity (Wildman–Crippen MR) is 111 cm³/mol. The van der Waals surface area contributed by atoms with Crippen LogP contribution < -0.4 is 14.8 Å². The summed E-state index contributed by atoms with van der Waals surface area (Å²) in [6, 6.07) is 14.1. The molecule has 5 heteroatoms. The first kappa shape index (κ1) is 20.2. The van der Waals surface area contributed by atoms with Crippen LogP contribution in [-0.4, -0.2) is 44.2 Å². The lowest BCUT2D eigenvalue weighted by Gasteiger charge is -2.29. The van der Waals surface area contributed by atoms with E-state index in [1.807, 2.05) is 50.2 Å². The molecule has 0 aliphatic carbocycles. The molecule has 0 aromatic heterocycles. The summed E-state index contributed by atoms with van der Waals surface area (Å²) in [5.74, 6) is 1.54. The molecule has 0 spiro atoms. The quantitative estimate of drug-likeness (QED) is 0.757. The van der Waals surface area contributed by atoms with E-state index in [0.717, 1.165) is 41.3 Å². The van der Waals surface area contributed by atoms with Gasteiger partial charge in [0.25, 0.3) is 5.91 Å². The first-order valence-corrected chi connectivity index (χ1v) is 9.93. The highest BCUT2D eigenvalue weighted by atomic mass is 16.5. The number of nitrogens with one attached hydrogen (secondary N) is 1. The highest BCUT2D eigenvalue weighted by molar-refractivity contribution is 5.77. The Bertz CT molecular complexity index is 780. The summed E-state index contributed by atoms with van der Waals surface area (Å²) in [6.45, 7) is 6.62. The number of rotatable bonds is 8. The molecule has 1 N–H and O–H groups in total. The van der Waals surface area contributed by atoms with E-state index >= 15 is 0 Å². The van der Waals surface area contributed by atoms with E-state index in [1.165, 1.54) is 12.8 Å². The monoisotopic (exact) mass is 382 g/mol. The number of carbonyl (C=O) groups is 1. The number of aryl methyl sites for hydroxylation is 2. The van der Waals surface area contributed by atoms with Crippen molar-refractivity contribution in [1.29, 1.82) is 0 Å². The van der Waals surface area contributed by atoms with Crippen LogP contribution in [0.4, 0.5) is 0 Å². The molecule has 0 radical (unpaired) electrons. The van der Waals surface area contributed by atoms with E-state index in [4.69, 9.17) is 9.47 Å². The Morgan fingerprint density at radius 3 is 2.43 bits per heavy atom. The van der Waals surface area contributed by atoms with Gasteiger partial charge in [-0.2, -0.15) is 0 Å². The molecular formula is C23H30N2O3. The third-order valence-electron chi connectivity index (χ3n) is 5.33. The highest BCUT2D eigenvalue weighted by Crippen LogP contribution is 2.31. The van der Waals surface area contributed by atoms with Gasteiger partial charge in [0.15, 0.2) is 6.61 Å². The lowest BCUT2D eigenvalue weighted by Crippen LogP contribution is -2.38. The fourth-order valence-corrected chi connectivity index (χ4v) is 3.86. The van der Waals surface area contributed by atoms with E-state index < -0.39 is 0 Å². The van der Waals surface area contributed by atoms with Crippen LogP contribution in [0.2, 0.25) is 0 Å². The highest BCUT2D eigenvalue weighted by Gasteiger charge is 2.26. The first-order chi connectivity index (χ1) is 13.6. The number of methoxy groups -OCH3 is 1. The summed E-state index contributed by atoms with van der Waals surface area (Å²) >= 11 is 0. The van der Waals surface area contributed by atoms with Crippen LogP contribution in [0.15, 0.2) is 42.5 Å². The zero-order chi connectivity index (χ0) is 19.9. The second kappa shape index (κ2) is 9.60. The Balaban J connectivity index is 1.64. The molecule has 3 rings (SSSR count). The van der Waals surface area contributed by atoms with E-state index in [0.29, 0.717) is 6.54 Å². The molecule has 1 unspecified atom stereocenters. The Kier molecular flexibility index (Phi) is 6.93. The molecule has 1 heterocycles. The van der Waals surface area contributed by atoms with Crippen molar-refractivity contribution in [1.82, 2.24) is 10.2 Å². The van der Waals surface area contributed by atoms with Gasteiger partial charge in [0.1, 0.15) is 11.5 Å². The number of hydrogen-bond donors (Lipinski definition) is 1. The van der Waals surface area contributed by atoms with Crippen molar-refractivity contribution in [2.75, 3.05) is 33.4 Å². The zero-order valence-electron chi connectivity index (χ0n) is 17.0. The molecule has 150 valence electrons. The van der Waals surface area contributed by atoms with E-state index in [1.54, 1.807) is 7.11 Å². The Morgan fingerprint density at radius 2 is 1.75 bits per heavy atom. The minimum Gasteiger partial charge on any atom is -0.496 e. The molecule has 0 saturated carbocycles. The van der Waals surface area contributed by atoms with Crippen LogP contribution >= 0.6 is 0 Å². The number of benzene rings is 2. The summed E-state index contributed by atoms with van der Waals surface area (Å²) in [7, 11) is 1.69. The summed E-state index contributed by atoms with van der Waals surface area (Å²) < 4.78 is 11.3. The van der Waals surface area contributed by atoms with E-state index in [9.17, 15) is 4.79 Å². The zero-order valence-corrected chi connectivity index (χ0v) is 17.0. The van der Waals surface area contributed by atoms with Gasteiger partial charge in [0.05, 0.1) is 13.2 Å². The van der Waals surface area contributed by atoms with Gasteiger partial charge in [-0.25, -0.2) is 0 Å². The number of ether oxygens (including phenoxy) is 2. The lowest BCUT2D eigenvalue weighted by atomic mass is 10.0. The maximum absolute atomic E-state index is 12.5. The summed E-state index contributed by atoms with van der Waals surface area (Å²) in [5, 5.41) is 3.06.